The maximum Gasteiger partial charge on any atom is 0.295 e. The van der Waals surface area contributed by atoms with Gasteiger partial charge < -0.3 is 26.0 Å². The van der Waals surface area contributed by atoms with Crippen molar-refractivity contribution in [2.45, 2.75) is 57.3 Å². The minimum atomic E-state index is -5.43. The maximum absolute atomic E-state index is 13.8. The molecule has 0 heterocycles. The van der Waals surface area contributed by atoms with Crippen LogP contribution in [-0.2, 0) is 86.0 Å². The van der Waals surface area contributed by atoms with Crippen LogP contribution in [0.5, 0.6) is 0 Å². The number of ketones is 1. The highest BCUT2D eigenvalue weighted by atomic mass is 32.2. The summed E-state index contributed by atoms with van der Waals surface area (Å²) in [6.45, 7) is 1.71. The van der Waals surface area contributed by atoms with Crippen molar-refractivity contribution < 1.29 is 93.6 Å². The van der Waals surface area contributed by atoms with E-state index in [1.165, 1.54) is 73.8 Å². The molecule has 0 spiro atoms. The van der Waals surface area contributed by atoms with Gasteiger partial charge in [-0.15, -0.1) is 0 Å². The summed E-state index contributed by atoms with van der Waals surface area (Å²) in [6.07, 6.45) is -0.00537. The van der Waals surface area contributed by atoms with Crippen molar-refractivity contribution in [3.05, 3.63) is 184 Å². The van der Waals surface area contributed by atoms with E-state index in [1.807, 2.05) is 0 Å². The molecule has 0 radical (unpaired) electrons. The number of hydrogen-bond donors (Lipinski definition) is 9. The number of fused-ring (bicyclic) bond motifs is 2. The highest BCUT2D eigenvalue weighted by Gasteiger charge is 2.29. The van der Waals surface area contributed by atoms with Crippen molar-refractivity contribution in [1.29, 1.82) is 0 Å². The molecule has 0 bridgehead atoms. The van der Waals surface area contributed by atoms with E-state index in [1.54, 1.807) is 25.1 Å². The van der Waals surface area contributed by atoms with Crippen LogP contribution in [0.15, 0.2) is 164 Å². The van der Waals surface area contributed by atoms with E-state index < -0.39 is 121 Å². The van der Waals surface area contributed by atoms with E-state index in [0.29, 0.717) is 46.9 Å². The van der Waals surface area contributed by atoms with Crippen molar-refractivity contribution in [3.63, 3.8) is 0 Å². The van der Waals surface area contributed by atoms with Crippen LogP contribution in [0.3, 0.4) is 0 Å². The van der Waals surface area contributed by atoms with Crippen LogP contribution in [0.25, 0.3) is 21.5 Å². The number of amides is 4. The zero-order valence-electron chi connectivity index (χ0n) is 43.9. The Bertz CT molecular complexity index is 4750. The van der Waals surface area contributed by atoms with Gasteiger partial charge in [-0.2, -0.15) is 42.1 Å². The minimum Gasteiger partial charge on any atom is -0.380 e. The maximum atomic E-state index is 13.8. The highest BCUT2D eigenvalue weighted by molar-refractivity contribution is 7.87. The predicted molar refractivity (Wildman–Crippen MR) is 307 cm³/mol. The SMILES string of the molecule is CCc1ccc(C(=O)Nc2ccc(S(=O)(=O)O)c3cc(S(=O)(=O)O)cc(S(=O)(=O)O)c23)cc1NC(=O)c1cccc(CC(=O)Cc2cccc(C(=O)Nc3cc(C(=O)Nc4ccc(S(=O)(=O)O)c5cccc(S(=O)(=O)O)c45)ccc3COC)c2)c1. The van der Waals surface area contributed by atoms with Gasteiger partial charge in [0.25, 0.3) is 74.2 Å². The molecule has 0 aliphatic heterocycles. The van der Waals surface area contributed by atoms with E-state index in [4.69, 9.17) is 4.74 Å². The molecular weight excluding hydrogens is 1210 g/mol. The third-order valence-corrected chi connectivity index (χ3v) is 17.4. The summed E-state index contributed by atoms with van der Waals surface area (Å²) in [7, 11) is -24.4. The molecule has 4 amide bonds. The van der Waals surface area contributed by atoms with Crippen LogP contribution in [0.4, 0.5) is 22.7 Å². The van der Waals surface area contributed by atoms with Gasteiger partial charge in [-0.1, -0.05) is 55.5 Å². The Balaban J connectivity index is 0.959. The lowest BCUT2D eigenvalue weighted by atomic mass is 9.99. The van der Waals surface area contributed by atoms with E-state index >= 15 is 0 Å². The van der Waals surface area contributed by atoms with E-state index in [9.17, 15) is 88.8 Å². The predicted octanol–water partition coefficient (Wildman–Crippen LogP) is 7.30. The Morgan fingerprint density at radius 3 is 1.26 bits per heavy atom. The molecule has 9 N–H and O–H groups in total. The van der Waals surface area contributed by atoms with Gasteiger partial charge in [0.15, 0.2) is 0 Å². The van der Waals surface area contributed by atoms with Gasteiger partial charge >= 0.3 is 0 Å². The number of ether oxygens (including phenoxy) is 1. The number of nitrogens with one attached hydrogen (secondary N) is 4. The summed E-state index contributed by atoms with van der Waals surface area (Å²) in [6, 6.07) is 28.1. The van der Waals surface area contributed by atoms with Crippen molar-refractivity contribution in [1.82, 2.24) is 0 Å². The Hall–Kier alpha value is -8.66. The Labute approximate surface area is 484 Å². The monoisotopic (exact) mass is 1260 g/mol. The molecule has 0 aliphatic rings. The first-order valence-electron chi connectivity index (χ1n) is 24.5. The van der Waals surface area contributed by atoms with Crippen molar-refractivity contribution >= 4 is 124 Å². The molecule has 0 saturated heterocycles. The van der Waals surface area contributed by atoms with Crippen LogP contribution in [0.1, 0.15) is 70.6 Å². The number of aryl methyl sites for hydroxylation is 1. The number of carbonyl (C=O) groups is 5. The summed E-state index contributed by atoms with van der Waals surface area (Å²) in [5.74, 6) is -3.51. The van der Waals surface area contributed by atoms with Crippen LogP contribution in [0, 0.1) is 0 Å². The van der Waals surface area contributed by atoms with Gasteiger partial charge in [0, 0.05) is 80.7 Å². The number of Topliss-reactive ketones (excluding diaryl/α,β-unsaturated/α-hetero) is 1. The molecule has 0 unspecified atom stereocenters. The zero-order valence-corrected chi connectivity index (χ0v) is 48.0. The Morgan fingerprint density at radius 1 is 0.400 bits per heavy atom. The Morgan fingerprint density at radius 2 is 0.812 bits per heavy atom. The van der Waals surface area contributed by atoms with Gasteiger partial charge in [-0.25, -0.2) is 0 Å². The number of benzene rings is 8. The fourth-order valence-corrected chi connectivity index (χ4v) is 12.6. The highest BCUT2D eigenvalue weighted by Crippen LogP contribution is 2.38. The van der Waals surface area contributed by atoms with Crippen molar-refractivity contribution in [2.75, 3.05) is 28.4 Å². The zero-order chi connectivity index (χ0) is 62.1. The summed E-state index contributed by atoms with van der Waals surface area (Å²) < 4.78 is 178. The second-order valence-electron chi connectivity index (χ2n) is 18.8. The lowest BCUT2D eigenvalue weighted by Crippen LogP contribution is -2.17. The van der Waals surface area contributed by atoms with Crippen LogP contribution < -0.4 is 21.3 Å². The normalized spacial score (nSPS) is 12.2. The van der Waals surface area contributed by atoms with Crippen molar-refractivity contribution in [2.24, 2.45) is 0 Å². The molecule has 8 aromatic rings. The second-order valence-corrected chi connectivity index (χ2v) is 25.7. The molecule has 0 saturated carbocycles. The molecule has 85 heavy (non-hydrogen) atoms. The van der Waals surface area contributed by atoms with Gasteiger partial charge in [0.05, 0.1) is 22.9 Å². The summed E-state index contributed by atoms with van der Waals surface area (Å²) in [5, 5.41) is 8.02. The molecule has 30 heteroatoms. The third-order valence-electron chi connectivity index (χ3n) is 13.0. The minimum absolute atomic E-state index is 0.0387. The molecule has 442 valence electrons. The molecule has 0 aromatic heterocycles. The molecule has 0 aliphatic carbocycles. The fraction of sp³-hybridized carbons (Fsp3) is 0.109. The second kappa shape index (κ2) is 24.1. The number of methoxy groups -OCH3 is 1. The average Bonchev–Trinajstić information content (AvgIpc) is 2.15. The lowest BCUT2D eigenvalue weighted by Gasteiger charge is -2.16. The number of rotatable bonds is 20. The Kier molecular flexibility index (Phi) is 17.7. The summed E-state index contributed by atoms with van der Waals surface area (Å²) in [5.41, 5.74) is 1.27. The molecule has 8 rings (SSSR count). The van der Waals surface area contributed by atoms with Crippen LogP contribution >= 0.6 is 0 Å². The largest absolute Gasteiger partial charge is 0.380 e. The molecule has 0 atom stereocenters. The first kappa shape index (κ1) is 62.4. The lowest BCUT2D eigenvalue weighted by molar-refractivity contribution is -0.117. The van der Waals surface area contributed by atoms with Crippen molar-refractivity contribution in [3.8, 4) is 0 Å². The molecule has 25 nitrogen and oxygen atoms in total. The van der Waals surface area contributed by atoms with E-state index in [-0.39, 0.29) is 69.9 Å². The third kappa shape index (κ3) is 14.3. The molecular formula is C55H46N4O21S5. The molecule has 0 fully saturated rings. The smallest absolute Gasteiger partial charge is 0.295 e. The number of anilines is 4. The first-order chi connectivity index (χ1) is 39.7. The number of carbonyl (C=O) groups excluding carboxylic acids is 5. The van der Waals surface area contributed by atoms with Crippen LogP contribution in [-0.4, -0.2) is 101 Å². The average molecular weight is 1260 g/mol. The standard InChI is InChI=1S/C55H46N4O21S5/c1-3-32-13-14-35(54(63)57-43-18-20-47(83(71,72)73)41-27-39(81(65,66)67)28-49(51(41)43)85(77,78)79)25-44(32)58-52(61)33-9-4-7-30(21-33)23-38(60)24-31-8-5-10-34(22-31)53(62)59-45-26-36(15-16-37(45)29-80-2)55(64)56-42-17-19-46(82(68,69)70)40-11-6-12-48(50(40)42)84(74,75)76/h4-22,25-28H,3,23-24,29H2,1-2H3,(H,56,64)(H,57,63)(H,58,61)(H,59,62)(H,65,66,67)(H,68,69,70)(H,71,72,73)(H,74,75,76)(H,77,78,79). The van der Waals surface area contributed by atoms with E-state index in [2.05, 4.69) is 21.3 Å². The van der Waals surface area contributed by atoms with Crippen LogP contribution in [0.2, 0.25) is 0 Å². The first-order valence-corrected chi connectivity index (χ1v) is 31.7. The van der Waals surface area contributed by atoms with Gasteiger partial charge in [-0.3, -0.25) is 46.7 Å². The van der Waals surface area contributed by atoms with E-state index in [0.717, 1.165) is 36.4 Å². The van der Waals surface area contributed by atoms with Gasteiger partial charge in [-0.05, 0) is 114 Å². The quantitative estimate of drug-likeness (QED) is 0.0338. The summed E-state index contributed by atoms with van der Waals surface area (Å²) >= 11 is 0. The van der Waals surface area contributed by atoms with Gasteiger partial charge in [0.2, 0.25) is 0 Å². The topological polar surface area (TPSA) is 415 Å². The number of hydrogen-bond acceptors (Lipinski definition) is 16. The van der Waals surface area contributed by atoms with Gasteiger partial charge in [0.1, 0.15) is 25.4 Å². The summed E-state index contributed by atoms with van der Waals surface area (Å²) in [4.78, 5) is 63.8. The fourth-order valence-electron chi connectivity index (χ4n) is 9.17. The molecule has 8 aromatic carbocycles.